The number of nitrogens with one attached hydrogen (secondary N) is 3. The maximum atomic E-state index is 11.7. The maximum absolute atomic E-state index is 11.7. The molecule has 2 aromatic rings. The molecule has 3 N–H and O–H groups in total. The Balaban J connectivity index is 0.00000256. The van der Waals surface area contributed by atoms with Crippen LogP contribution >= 0.6 is 12.4 Å². The van der Waals surface area contributed by atoms with Gasteiger partial charge in [0.05, 0.1) is 24.9 Å². The van der Waals surface area contributed by atoms with Gasteiger partial charge in [0, 0.05) is 49.4 Å². The monoisotopic (exact) mass is 432 g/mol. The molecule has 2 aliphatic heterocycles. The topological polar surface area (TPSA) is 91.4 Å². The molecule has 1 aromatic carbocycles. The minimum atomic E-state index is -0.207. The van der Waals surface area contributed by atoms with E-state index in [0.29, 0.717) is 19.8 Å². The summed E-state index contributed by atoms with van der Waals surface area (Å²) >= 11 is 0. The third-order valence-electron chi connectivity index (χ3n) is 5.29. The summed E-state index contributed by atoms with van der Waals surface area (Å²) in [5.74, 6) is 1.74. The second-order valence-corrected chi connectivity index (χ2v) is 7.40. The Kier molecular flexibility index (Phi) is 7.47. The molecule has 0 saturated carbocycles. The first-order valence-corrected chi connectivity index (χ1v) is 10.3. The van der Waals surface area contributed by atoms with Gasteiger partial charge >= 0.3 is 6.03 Å². The first-order chi connectivity index (χ1) is 14.2. The Morgan fingerprint density at radius 2 is 2.10 bits per heavy atom. The number of ether oxygens (including phenoxy) is 1. The van der Waals surface area contributed by atoms with Crippen LogP contribution in [0, 0.1) is 0 Å². The normalized spacial score (nSPS) is 18.2. The summed E-state index contributed by atoms with van der Waals surface area (Å²) in [6, 6.07) is 7.74. The number of hydrogen-bond acceptors (Lipinski definition) is 6. The number of aromatic nitrogens is 2. The van der Waals surface area contributed by atoms with Crippen molar-refractivity contribution in [3.05, 3.63) is 35.5 Å². The van der Waals surface area contributed by atoms with Crippen LogP contribution in [0.4, 0.5) is 16.3 Å². The molecule has 8 nitrogen and oxygen atoms in total. The van der Waals surface area contributed by atoms with E-state index >= 15 is 0 Å². The standard InChI is InChI=1S/C21H28N6O2.ClH/c1-3-23-21(28)24-16-6-4-15(5-7-16)19-25-18-8-9-22-12-17(18)20(26-19)27-10-11-29-13-14(27)2;/h4-7,14,22H,3,8-13H2,1-2H3,(H2,23,24,28);1H/t14-;/m0./s1. The molecule has 0 radical (unpaired) electrons. The van der Waals surface area contributed by atoms with E-state index in [1.807, 2.05) is 31.2 Å². The Labute approximate surface area is 183 Å². The van der Waals surface area contributed by atoms with E-state index in [1.54, 1.807) is 0 Å². The highest BCUT2D eigenvalue weighted by molar-refractivity contribution is 5.89. The quantitative estimate of drug-likeness (QED) is 0.687. The lowest BCUT2D eigenvalue weighted by Gasteiger charge is -2.36. The fourth-order valence-electron chi connectivity index (χ4n) is 3.77. The van der Waals surface area contributed by atoms with Gasteiger partial charge in [0.2, 0.25) is 0 Å². The Morgan fingerprint density at radius 1 is 1.30 bits per heavy atom. The second kappa shape index (κ2) is 10.1. The van der Waals surface area contributed by atoms with E-state index in [4.69, 9.17) is 14.7 Å². The van der Waals surface area contributed by atoms with Crippen molar-refractivity contribution in [2.24, 2.45) is 0 Å². The van der Waals surface area contributed by atoms with Gasteiger partial charge in [-0.05, 0) is 38.1 Å². The van der Waals surface area contributed by atoms with Crippen molar-refractivity contribution < 1.29 is 9.53 Å². The molecule has 3 heterocycles. The lowest BCUT2D eigenvalue weighted by molar-refractivity contribution is 0.0984. The lowest BCUT2D eigenvalue weighted by atomic mass is 10.1. The number of benzene rings is 1. The van der Waals surface area contributed by atoms with Crippen molar-refractivity contribution in [1.82, 2.24) is 20.6 Å². The molecular weight excluding hydrogens is 404 g/mol. The number of nitrogens with zero attached hydrogens (tertiary/aromatic N) is 3. The fraction of sp³-hybridized carbons (Fsp3) is 0.476. The molecule has 1 atom stereocenters. The fourth-order valence-corrected chi connectivity index (χ4v) is 3.77. The van der Waals surface area contributed by atoms with Crippen LogP contribution in [0.2, 0.25) is 0 Å². The molecule has 2 aliphatic rings. The summed E-state index contributed by atoms with van der Waals surface area (Å²) in [4.78, 5) is 23.9. The molecule has 162 valence electrons. The second-order valence-electron chi connectivity index (χ2n) is 7.40. The molecule has 1 aromatic heterocycles. The third kappa shape index (κ3) is 4.83. The van der Waals surface area contributed by atoms with Crippen molar-refractivity contribution in [2.45, 2.75) is 32.9 Å². The van der Waals surface area contributed by atoms with Gasteiger partial charge in [-0.15, -0.1) is 12.4 Å². The lowest BCUT2D eigenvalue weighted by Crippen LogP contribution is -2.45. The number of rotatable bonds is 4. The summed E-state index contributed by atoms with van der Waals surface area (Å²) in [5, 5.41) is 8.99. The molecule has 9 heteroatoms. The van der Waals surface area contributed by atoms with Gasteiger partial charge in [-0.1, -0.05) is 0 Å². The Morgan fingerprint density at radius 3 is 2.83 bits per heavy atom. The minimum Gasteiger partial charge on any atom is -0.377 e. The number of urea groups is 1. The summed E-state index contributed by atoms with van der Waals surface area (Å²) in [5.41, 5.74) is 3.99. The highest BCUT2D eigenvalue weighted by atomic mass is 35.5. The van der Waals surface area contributed by atoms with Crippen LogP contribution in [0.15, 0.2) is 24.3 Å². The number of carbonyl (C=O) groups excluding carboxylic acids is 1. The molecule has 4 rings (SSSR count). The van der Waals surface area contributed by atoms with Crippen LogP contribution in [-0.2, 0) is 17.7 Å². The summed E-state index contributed by atoms with van der Waals surface area (Å²) in [7, 11) is 0. The van der Waals surface area contributed by atoms with E-state index in [-0.39, 0.29) is 24.5 Å². The van der Waals surface area contributed by atoms with Crippen LogP contribution in [0.3, 0.4) is 0 Å². The highest BCUT2D eigenvalue weighted by Gasteiger charge is 2.27. The van der Waals surface area contributed by atoms with Crippen molar-refractivity contribution in [3.8, 4) is 11.4 Å². The van der Waals surface area contributed by atoms with Gasteiger partial charge in [0.25, 0.3) is 0 Å². The van der Waals surface area contributed by atoms with Gasteiger partial charge in [-0.2, -0.15) is 0 Å². The number of amides is 2. The molecule has 0 spiro atoms. The van der Waals surface area contributed by atoms with Gasteiger partial charge in [-0.25, -0.2) is 14.8 Å². The number of carbonyl (C=O) groups is 1. The molecule has 2 amide bonds. The van der Waals surface area contributed by atoms with Gasteiger partial charge < -0.3 is 25.6 Å². The smallest absolute Gasteiger partial charge is 0.319 e. The zero-order chi connectivity index (χ0) is 20.2. The predicted molar refractivity (Wildman–Crippen MR) is 120 cm³/mol. The van der Waals surface area contributed by atoms with E-state index < -0.39 is 0 Å². The van der Waals surface area contributed by atoms with Crippen LogP contribution in [-0.4, -0.2) is 54.9 Å². The SMILES string of the molecule is CCNC(=O)Nc1ccc(-c2nc3c(c(N4CCOC[C@@H]4C)n2)CNCC3)cc1.Cl. The van der Waals surface area contributed by atoms with Gasteiger partial charge in [0.1, 0.15) is 5.82 Å². The van der Waals surface area contributed by atoms with Crippen molar-refractivity contribution in [2.75, 3.05) is 43.1 Å². The molecule has 30 heavy (non-hydrogen) atoms. The van der Waals surface area contributed by atoms with Crippen LogP contribution in [0.1, 0.15) is 25.1 Å². The van der Waals surface area contributed by atoms with Crippen molar-refractivity contribution >= 4 is 29.9 Å². The van der Waals surface area contributed by atoms with Crippen LogP contribution < -0.4 is 20.9 Å². The number of anilines is 2. The Bertz CT molecular complexity index is 877. The van der Waals surface area contributed by atoms with E-state index in [0.717, 1.165) is 54.6 Å². The summed E-state index contributed by atoms with van der Waals surface area (Å²) in [6.45, 7) is 8.63. The van der Waals surface area contributed by atoms with E-state index in [2.05, 4.69) is 27.8 Å². The first-order valence-electron chi connectivity index (χ1n) is 10.3. The average Bonchev–Trinajstić information content (AvgIpc) is 2.74. The van der Waals surface area contributed by atoms with Crippen molar-refractivity contribution in [1.29, 1.82) is 0 Å². The predicted octanol–water partition coefficient (Wildman–Crippen LogP) is 2.58. The molecular formula is C21H29ClN6O2. The maximum Gasteiger partial charge on any atom is 0.319 e. The largest absolute Gasteiger partial charge is 0.377 e. The van der Waals surface area contributed by atoms with Gasteiger partial charge in [-0.3, -0.25) is 0 Å². The molecule has 0 unspecified atom stereocenters. The Hall–Kier alpha value is -2.42. The number of fused-ring (bicyclic) bond motifs is 1. The highest BCUT2D eigenvalue weighted by Crippen LogP contribution is 2.29. The molecule has 1 fully saturated rings. The van der Waals surface area contributed by atoms with E-state index in [1.165, 1.54) is 5.56 Å². The molecule has 1 saturated heterocycles. The van der Waals surface area contributed by atoms with Gasteiger partial charge in [0.15, 0.2) is 5.82 Å². The number of morpholine rings is 1. The summed E-state index contributed by atoms with van der Waals surface area (Å²) in [6.07, 6.45) is 0.896. The first kappa shape index (κ1) is 22.3. The van der Waals surface area contributed by atoms with Crippen LogP contribution in [0.25, 0.3) is 11.4 Å². The number of hydrogen-bond donors (Lipinski definition) is 3. The zero-order valence-corrected chi connectivity index (χ0v) is 18.2. The minimum absolute atomic E-state index is 0. The summed E-state index contributed by atoms with van der Waals surface area (Å²) < 4.78 is 5.61. The van der Waals surface area contributed by atoms with Crippen LogP contribution in [0.5, 0.6) is 0 Å². The van der Waals surface area contributed by atoms with Crippen molar-refractivity contribution in [3.63, 3.8) is 0 Å². The molecule has 0 aliphatic carbocycles. The average molecular weight is 433 g/mol. The zero-order valence-electron chi connectivity index (χ0n) is 17.4. The number of halogens is 1. The third-order valence-corrected chi connectivity index (χ3v) is 5.29. The molecule has 0 bridgehead atoms. The van der Waals surface area contributed by atoms with E-state index in [9.17, 15) is 4.79 Å².